The molecule has 0 spiro atoms. The van der Waals surface area contributed by atoms with Crippen molar-refractivity contribution in [3.8, 4) is 5.75 Å². The maximum atomic E-state index is 12.2. The number of carboxylic acids is 1. The molecule has 0 bridgehead atoms. The number of anilines is 1. The minimum Gasteiger partial charge on any atom is -0.495 e. The van der Waals surface area contributed by atoms with Crippen LogP contribution in [-0.4, -0.2) is 47.7 Å². The summed E-state index contributed by atoms with van der Waals surface area (Å²) in [5.41, 5.74) is -0.435. The number of nitrogens with one attached hydrogen (secondary N) is 2. The number of hydrogen-bond donors (Lipinski definition) is 3. The number of carbonyl (C=O) groups is 2. The molecule has 1 amide bonds. The summed E-state index contributed by atoms with van der Waals surface area (Å²) in [6, 6.07) is 5.18. The predicted octanol–water partition coefficient (Wildman–Crippen LogP) is 2.62. The number of benzene rings is 1. The summed E-state index contributed by atoms with van der Waals surface area (Å²) in [6.07, 6.45) is 1.07. The highest BCUT2D eigenvalue weighted by Crippen LogP contribution is 2.28. The fourth-order valence-electron chi connectivity index (χ4n) is 2.57. The molecule has 0 radical (unpaired) electrons. The summed E-state index contributed by atoms with van der Waals surface area (Å²) in [4.78, 5) is 23.7. The third-order valence-corrected chi connectivity index (χ3v) is 5.18. The van der Waals surface area contributed by atoms with Gasteiger partial charge in [-0.3, -0.25) is 4.79 Å². The molecule has 1 saturated heterocycles. The van der Waals surface area contributed by atoms with Crippen molar-refractivity contribution in [2.45, 2.75) is 24.8 Å². The molecule has 6 nitrogen and oxygen atoms in total. The third-order valence-electron chi connectivity index (χ3n) is 3.96. The van der Waals surface area contributed by atoms with Crippen LogP contribution in [0, 0.1) is 0 Å². The van der Waals surface area contributed by atoms with E-state index in [1.165, 1.54) is 0 Å². The number of halogens is 1. The molecule has 1 aliphatic heterocycles. The monoisotopic (exact) mass is 372 g/mol. The molecular formula is C16H21ClN2O4S. The number of carboxylic acid groups (broad SMARTS) is 1. The first kappa shape index (κ1) is 18.7. The summed E-state index contributed by atoms with van der Waals surface area (Å²) in [5.74, 6) is 0.874. The van der Waals surface area contributed by atoms with Gasteiger partial charge in [0.25, 0.3) is 0 Å². The van der Waals surface area contributed by atoms with E-state index in [-0.39, 0.29) is 12.3 Å². The maximum Gasteiger partial charge on any atom is 0.329 e. The van der Waals surface area contributed by atoms with Crippen LogP contribution in [0.5, 0.6) is 5.75 Å². The van der Waals surface area contributed by atoms with Crippen LogP contribution >= 0.6 is 23.4 Å². The lowest BCUT2D eigenvalue weighted by atomic mass is 9.92. The van der Waals surface area contributed by atoms with Gasteiger partial charge < -0.3 is 20.5 Å². The Morgan fingerprint density at radius 1 is 1.38 bits per heavy atom. The number of aliphatic carboxylic acids is 1. The second kappa shape index (κ2) is 8.48. The summed E-state index contributed by atoms with van der Waals surface area (Å²) in [6.45, 7) is 0.354. The summed E-state index contributed by atoms with van der Waals surface area (Å²) in [7, 11) is 1.55. The molecule has 0 aliphatic carbocycles. The van der Waals surface area contributed by atoms with Crippen LogP contribution < -0.4 is 15.4 Å². The Kier molecular flexibility index (Phi) is 6.62. The molecule has 0 atom stereocenters. The van der Waals surface area contributed by atoms with E-state index in [0.29, 0.717) is 35.8 Å². The molecule has 0 saturated carbocycles. The molecule has 0 unspecified atom stereocenters. The predicted molar refractivity (Wildman–Crippen MR) is 96.2 cm³/mol. The average molecular weight is 373 g/mol. The van der Waals surface area contributed by atoms with E-state index in [1.54, 1.807) is 37.1 Å². The van der Waals surface area contributed by atoms with Crippen molar-refractivity contribution in [1.29, 1.82) is 0 Å². The summed E-state index contributed by atoms with van der Waals surface area (Å²) in [5, 5.41) is 15.8. The lowest BCUT2D eigenvalue weighted by Gasteiger charge is -2.33. The number of rotatable bonds is 7. The first-order valence-electron chi connectivity index (χ1n) is 7.66. The molecule has 1 fully saturated rings. The summed E-state index contributed by atoms with van der Waals surface area (Å²) >= 11 is 7.66. The van der Waals surface area contributed by atoms with E-state index in [4.69, 9.17) is 16.3 Å². The van der Waals surface area contributed by atoms with Gasteiger partial charge in [-0.1, -0.05) is 11.6 Å². The average Bonchev–Trinajstić information content (AvgIpc) is 2.55. The number of ether oxygens (including phenoxy) is 1. The molecule has 24 heavy (non-hydrogen) atoms. The van der Waals surface area contributed by atoms with Gasteiger partial charge in [-0.05, 0) is 42.5 Å². The van der Waals surface area contributed by atoms with Crippen molar-refractivity contribution in [2.75, 3.05) is 30.5 Å². The standard InChI is InChI=1S/C16H21ClN2O4S/c1-23-13-3-2-11(17)10-12(13)18-7-4-14(20)19-16(15(21)22)5-8-24-9-6-16/h2-3,10,18H,4-9H2,1H3,(H,19,20)(H,21,22). The van der Waals surface area contributed by atoms with E-state index in [2.05, 4.69) is 10.6 Å². The van der Waals surface area contributed by atoms with Crippen LogP contribution in [0.2, 0.25) is 5.02 Å². The Balaban J connectivity index is 1.89. The van der Waals surface area contributed by atoms with Gasteiger partial charge in [0.05, 0.1) is 12.8 Å². The second-order valence-corrected chi connectivity index (χ2v) is 7.23. The lowest BCUT2D eigenvalue weighted by molar-refractivity contribution is -0.148. The third kappa shape index (κ3) is 4.70. The van der Waals surface area contributed by atoms with Crippen molar-refractivity contribution >= 4 is 40.9 Å². The fourth-order valence-corrected chi connectivity index (χ4v) is 3.93. The van der Waals surface area contributed by atoms with Crippen molar-refractivity contribution in [2.24, 2.45) is 0 Å². The number of thioether (sulfide) groups is 1. The Morgan fingerprint density at radius 3 is 2.71 bits per heavy atom. The van der Waals surface area contributed by atoms with E-state index in [1.807, 2.05) is 0 Å². The van der Waals surface area contributed by atoms with Crippen molar-refractivity contribution in [3.63, 3.8) is 0 Å². The minimum absolute atomic E-state index is 0.165. The van der Waals surface area contributed by atoms with Gasteiger partial charge in [-0.15, -0.1) is 0 Å². The minimum atomic E-state index is -1.13. The van der Waals surface area contributed by atoms with Gasteiger partial charge in [0.15, 0.2) is 0 Å². The van der Waals surface area contributed by atoms with Crippen molar-refractivity contribution in [1.82, 2.24) is 5.32 Å². The zero-order chi connectivity index (χ0) is 17.6. The highest BCUT2D eigenvalue weighted by molar-refractivity contribution is 7.99. The Morgan fingerprint density at radius 2 is 2.08 bits per heavy atom. The molecule has 1 aliphatic rings. The van der Waals surface area contributed by atoms with Gasteiger partial charge in [0.1, 0.15) is 11.3 Å². The van der Waals surface area contributed by atoms with Gasteiger partial charge >= 0.3 is 5.97 Å². The first-order valence-corrected chi connectivity index (χ1v) is 9.20. The van der Waals surface area contributed by atoms with Crippen LogP contribution in [0.3, 0.4) is 0 Å². The summed E-state index contributed by atoms with van der Waals surface area (Å²) < 4.78 is 5.23. The molecule has 8 heteroatoms. The van der Waals surface area contributed by atoms with Crippen LogP contribution in [0.25, 0.3) is 0 Å². The molecule has 1 aromatic carbocycles. The molecule has 1 aromatic rings. The number of carbonyl (C=O) groups excluding carboxylic acids is 1. The van der Waals surface area contributed by atoms with Crippen molar-refractivity contribution < 1.29 is 19.4 Å². The largest absolute Gasteiger partial charge is 0.495 e. The fraction of sp³-hybridized carbons (Fsp3) is 0.500. The Hall–Kier alpha value is -1.60. The highest BCUT2D eigenvalue weighted by atomic mass is 35.5. The van der Waals surface area contributed by atoms with Gasteiger partial charge in [-0.2, -0.15) is 11.8 Å². The number of amides is 1. The zero-order valence-electron chi connectivity index (χ0n) is 13.4. The van der Waals surface area contributed by atoms with Gasteiger partial charge in [0, 0.05) is 18.0 Å². The highest BCUT2D eigenvalue weighted by Gasteiger charge is 2.41. The van der Waals surface area contributed by atoms with E-state index >= 15 is 0 Å². The molecule has 1 heterocycles. The van der Waals surface area contributed by atoms with Gasteiger partial charge in [0.2, 0.25) is 5.91 Å². The smallest absolute Gasteiger partial charge is 0.329 e. The molecule has 3 N–H and O–H groups in total. The maximum absolute atomic E-state index is 12.2. The van der Waals surface area contributed by atoms with Crippen LogP contribution in [0.1, 0.15) is 19.3 Å². The molecule has 132 valence electrons. The number of hydrogen-bond acceptors (Lipinski definition) is 5. The Labute approximate surface area is 150 Å². The second-order valence-electron chi connectivity index (χ2n) is 5.57. The Bertz CT molecular complexity index is 606. The van der Waals surface area contributed by atoms with E-state index in [9.17, 15) is 14.7 Å². The van der Waals surface area contributed by atoms with Crippen LogP contribution in [0.15, 0.2) is 18.2 Å². The molecule has 0 aromatic heterocycles. The van der Waals surface area contributed by atoms with Crippen LogP contribution in [-0.2, 0) is 9.59 Å². The van der Waals surface area contributed by atoms with Gasteiger partial charge in [-0.25, -0.2) is 4.79 Å². The van der Waals surface area contributed by atoms with E-state index in [0.717, 1.165) is 11.5 Å². The van der Waals surface area contributed by atoms with E-state index < -0.39 is 11.5 Å². The van der Waals surface area contributed by atoms with Crippen molar-refractivity contribution in [3.05, 3.63) is 23.2 Å². The normalized spacial score (nSPS) is 16.2. The quantitative estimate of drug-likeness (QED) is 0.682. The molecule has 2 rings (SSSR count). The van der Waals surface area contributed by atoms with Crippen LogP contribution in [0.4, 0.5) is 5.69 Å². The number of methoxy groups -OCH3 is 1. The lowest BCUT2D eigenvalue weighted by Crippen LogP contribution is -2.56. The molecular weight excluding hydrogens is 352 g/mol. The zero-order valence-corrected chi connectivity index (χ0v) is 15.0. The topological polar surface area (TPSA) is 87.7 Å². The SMILES string of the molecule is COc1ccc(Cl)cc1NCCC(=O)NC1(C(=O)O)CCSCC1. The first-order chi connectivity index (χ1) is 11.5.